The smallest absolute Gasteiger partial charge is 0.343 e. The molecule has 3 aromatic rings. The lowest BCUT2D eigenvalue weighted by molar-refractivity contribution is -0.172. The largest absolute Gasteiger partial charge is 0.458 e. The number of hydrogen-bond acceptors (Lipinski definition) is 5. The number of ether oxygens (including phenoxy) is 1. The number of carbonyl (C=O) groups excluding carboxylic acids is 1. The Balaban J connectivity index is 1.65. The minimum atomic E-state index is -1.80. The Morgan fingerprint density at radius 1 is 1.19 bits per heavy atom. The van der Waals surface area contributed by atoms with Crippen LogP contribution in [0.3, 0.4) is 0 Å². The summed E-state index contributed by atoms with van der Waals surface area (Å²) in [6.07, 6.45) is 4.90. The molecule has 3 aliphatic rings. The topological polar surface area (TPSA) is 81.4 Å². The average molecular weight is 416 g/mol. The molecule has 1 aliphatic carbocycles. The SMILES string of the molecule is CC[C@@]1(O)C(=O)OCc2c1cc1n(c2=O)Cc2c-1nc1ccccc1c2C1CCCC1. The Morgan fingerprint density at radius 2 is 1.97 bits per heavy atom. The van der Waals surface area contributed by atoms with Gasteiger partial charge in [-0.3, -0.25) is 4.79 Å². The summed E-state index contributed by atoms with van der Waals surface area (Å²) in [7, 11) is 0. The number of aromatic nitrogens is 2. The third kappa shape index (κ3) is 2.45. The first-order valence-electron chi connectivity index (χ1n) is 11.1. The van der Waals surface area contributed by atoms with Crippen molar-refractivity contribution in [2.24, 2.45) is 0 Å². The standard InChI is InChI=1S/C25H24N2O4/c1-2-25(30)18-11-20-22-16(12-27(20)23(28)17(18)13-31-24(25)29)21(14-7-3-4-8-14)15-9-5-6-10-19(15)26-22/h5-6,9-11,14,30H,2-4,7-8,12-13H2,1H3/t25-/m0/s1. The highest BCUT2D eigenvalue weighted by Crippen LogP contribution is 2.45. The number of para-hydroxylation sites is 1. The zero-order valence-corrected chi connectivity index (χ0v) is 17.5. The van der Waals surface area contributed by atoms with Gasteiger partial charge < -0.3 is 14.4 Å². The molecule has 6 rings (SSSR count). The van der Waals surface area contributed by atoms with Gasteiger partial charge in [-0.25, -0.2) is 9.78 Å². The lowest BCUT2D eigenvalue weighted by Crippen LogP contribution is -2.44. The van der Waals surface area contributed by atoms with Gasteiger partial charge in [0, 0.05) is 16.5 Å². The van der Waals surface area contributed by atoms with Gasteiger partial charge >= 0.3 is 5.97 Å². The van der Waals surface area contributed by atoms with Crippen molar-refractivity contribution in [3.63, 3.8) is 0 Å². The quantitative estimate of drug-likeness (QED) is 0.504. The minimum absolute atomic E-state index is 0.100. The second-order valence-electron chi connectivity index (χ2n) is 8.95. The van der Waals surface area contributed by atoms with Crippen LogP contribution in [0.5, 0.6) is 0 Å². The highest BCUT2D eigenvalue weighted by molar-refractivity contribution is 5.89. The first-order valence-corrected chi connectivity index (χ1v) is 11.1. The summed E-state index contributed by atoms with van der Waals surface area (Å²) in [4.78, 5) is 30.8. The molecule has 2 aromatic heterocycles. The molecule has 1 atom stereocenters. The molecule has 1 N–H and O–H groups in total. The van der Waals surface area contributed by atoms with Crippen LogP contribution in [0.1, 0.15) is 67.2 Å². The number of benzene rings is 1. The van der Waals surface area contributed by atoms with E-state index >= 15 is 0 Å². The molecule has 0 saturated heterocycles. The minimum Gasteiger partial charge on any atom is -0.458 e. The lowest BCUT2D eigenvalue weighted by Gasteiger charge is -2.31. The fraction of sp³-hybridized carbons (Fsp3) is 0.400. The van der Waals surface area contributed by atoms with Crippen molar-refractivity contribution >= 4 is 16.9 Å². The van der Waals surface area contributed by atoms with Gasteiger partial charge in [0.1, 0.15) is 6.61 Å². The van der Waals surface area contributed by atoms with E-state index in [4.69, 9.17) is 9.72 Å². The molecule has 4 heterocycles. The van der Waals surface area contributed by atoms with Crippen molar-refractivity contribution in [3.8, 4) is 11.4 Å². The van der Waals surface area contributed by atoms with E-state index in [0.29, 0.717) is 29.3 Å². The van der Waals surface area contributed by atoms with Crippen LogP contribution in [-0.4, -0.2) is 20.6 Å². The normalized spacial score (nSPS) is 22.3. The molecule has 6 nitrogen and oxygen atoms in total. The van der Waals surface area contributed by atoms with Crippen LogP contribution in [0, 0.1) is 0 Å². The maximum Gasteiger partial charge on any atom is 0.343 e. The van der Waals surface area contributed by atoms with Gasteiger partial charge in [0.2, 0.25) is 0 Å². The van der Waals surface area contributed by atoms with Crippen LogP contribution < -0.4 is 5.56 Å². The maximum atomic E-state index is 13.4. The highest BCUT2D eigenvalue weighted by atomic mass is 16.6. The van der Waals surface area contributed by atoms with Crippen molar-refractivity contribution in [2.45, 2.75) is 63.7 Å². The van der Waals surface area contributed by atoms with Crippen molar-refractivity contribution in [1.82, 2.24) is 9.55 Å². The van der Waals surface area contributed by atoms with E-state index in [-0.39, 0.29) is 18.6 Å². The van der Waals surface area contributed by atoms with Crippen LogP contribution in [0.15, 0.2) is 35.1 Å². The molecule has 0 spiro atoms. The molecule has 0 radical (unpaired) electrons. The predicted molar refractivity (Wildman–Crippen MR) is 116 cm³/mol. The molecule has 0 unspecified atom stereocenters. The van der Waals surface area contributed by atoms with Gasteiger partial charge in [-0.05, 0) is 42.9 Å². The molecule has 1 aromatic carbocycles. The van der Waals surface area contributed by atoms with Crippen molar-refractivity contribution in [3.05, 3.63) is 62.9 Å². The molecule has 0 amide bonds. The van der Waals surface area contributed by atoms with Crippen molar-refractivity contribution in [2.75, 3.05) is 0 Å². The number of nitrogens with zero attached hydrogens (tertiary/aromatic N) is 2. The van der Waals surface area contributed by atoms with Gasteiger partial charge in [0.15, 0.2) is 5.60 Å². The van der Waals surface area contributed by atoms with E-state index in [0.717, 1.165) is 29.6 Å². The summed E-state index contributed by atoms with van der Waals surface area (Å²) in [6.45, 7) is 2.09. The lowest BCUT2D eigenvalue weighted by atomic mass is 9.85. The monoisotopic (exact) mass is 416 g/mol. The number of rotatable bonds is 2. The predicted octanol–water partition coefficient (Wildman–Crippen LogP) is 3.74. The summed E-state index contributed by atoms with van der Waals surface area (Å²) in [5.74, 6) is -0.220. The number of hydrogen-bond donors (Lipinski definition) is 1. The molecule has 1 fully saturated rings. The molecule has 0 bridgehead atoms. The van der Waals surface area contributed by atoms with Gasteiger partial charge in [-0.2, -0.15) is 0 Å². The number of cyclic esters (lactones) is 1. The zero-order chi connectivity index (χ0) is 21.3. The van der Waals surface area contributed by atoms with Crippen LogP contribution in [0.25, 0.3) is 22.3 Å². The number of fused-ring (bicyclic) bond motifs is 5. The van der Waals surface area contributed by atoms with E-state index in [1.807, 2.05) is 18.2 Å². The third-order valence-electron chi connectivity index (χ3n) is 7.40. The summed E-state index contributed by atoms with van der Waals surface area (Å²) < 4.78 is 6.92. The Kier molecular flexibility index (Phi) is 3.93. The fourth-order valence-electron chi connectivity index (χ4n) is 5.74. The Bertz CT molecular complexity index is 1320. The summed E-state index contributed by atoms with van der Waals surface area (Å²) in [6, 6.07) is 9.99. The van der Waals surface area contributed by atoms with Crippen LogP contribution in [0.2, 0.25) is 0 Å². The van der Waals surface area contributed by atoms with E-state index in [9.17, 15) is 14.7 Å². The van der Waals surface area contributed by atoms with Crippen molar-refractivity contribution < 1.29 is 14.6 Å². The second kappa shape index (κ2) is 6.50. The molecule has 1 saturated carbocycles. The van der Waals surface area contributed by atoms with Gasteiger partial charge in [0.25, 0.3) is 5.56 Å². The summed E-state index contributed by atoms with van der Waals surface area (Å²) in [5, 5.41) is 12.2. The Morgan fingerprint density at radius 3 is 2.74 bits per heavy atom. The molecular formula is C25H24N2O4. The number of aliphatic hydroxyl groups is 1. The maximum absolute atomic E-state index is 13.4. The molecule has 2 aliphatic heterocycles. The zero-order valence-electron chi connectivity index (χ0n) is 17.5. The Hall–Kier alpha value is -2.99. The van der Waals surface area contributed by atoms with E-state index in [2.05, 4.69) is 6.07 Å². The first-order chi connectivity index (χ1) is 15.0. The molecule has 31 heavy (non-hydrogen) atoms. The third-order valence-corrected chi connectivity index (χ3v) is 7.40. The van der Waals surface area contributed by atoms with Crippen LogP contribution >= 0.6 is 0 Å². The molecule has 6 heteroatoms. The number of esters is 1. The van der Waals surface area contributed by atoms with Crippen LogP contribution in [0.4, 0.5) is 0 Å². The first kappa shape index (κ1) is 18.8. The van der Waals surface area contributed by atoms with E-state index < -0.39 is 11.6 Å². The van der Waals surface area contributed by atoms with E-state index in [1.54, 1.807) is 17.6 Å². The summed E-state index contributed by atoms with van der Waals surface area (Å²) in [5.41, 5.74) is 3.58. The highest BCUT2D eigenvalue weighted by Gasteiger charge is 2.45. The van der Waals surface area contributed by atoms with Crippen LogP contribution in [-0.2, 0) is 28.3 Å². The van der Waals surface area contributed by atoms with Gasteiger partial charge in [-0.1, -0.05) is 38.0 Å². The molecular weight excluding hydrogens is 392 g/mol. The average Bonchev–Trinajstić information content (AvgIpc) is 3.43. The van der Waals surface area contributed by atoms with Gasteiger partial charge in [-0.15, -0.1) is 0 Å². The van der Waals surface area contributed by atoms with Crippen molar-refractivity contribution in [1.29, 1.82) is 0 Å². The van der Waals surface area contributed by atoms with E-state index in [1.165, 1.54) is 23.8 Å². The fourth-order valence-corrected chi connectivity index (χ4v) is 5.74. The Labute approximate surface area is 179 Å². The number of pyridine rings is 2. The second-order valence-corrected chi connectivity index (χ2v) is 8.95. The molecule has 158 valence electrons. The number of carbonyl (C=O) groups is 1. The van der Waals surface area contributed by atoms with Gasteiger partial charge in [0.05, 0.1) is 29.0 Å². The summed E-state index contributed by atoms with van der Waals surface area (Å²) >= 11 is 0.